The van der Waals surface area contributed by atoms with E-state index in [1.54, 1.807) is 0 Å². The van der Waals surface area contributed by atoms with Crippen molar-refractivity contribution in [1.29, 1.82) is 0 Å². The lowest BCUT2D eigenvalue weighted by Gasteiger charge is -2.24. The number of nitrogens with zero attached hydrogens (tertiary/aromatic N) is 1. The lowest BCUT2D eigenvalue weighted by molar-refractivity contribution is 0.0618. The summed E-state index contributed by atoms with van der Waals surface area (Å²) in [7, 11) is 0. The Kier molecular flexibility index (Phi) is 41.9. The van der Waals surface area contributed by atoms with Crippen molar-refractivity contribution >= 4 is 0 Å². The van der Waals surface area contributed by atoms with Crippen LogP contribution in [-0.2, 0) is 9.47 Å². The Labute approximate surface area is 302 Å². The summed E-state index contributed by atoms with van der Waals surface area (Å²) in [6.07, 6.45) is 47.1. The average molecular weight is 678 g/mol. The van der Waals surface area contributed by atoms with Crippen molar-refractivity contribution in [2.75, 3.05) is 52.7 Å². The summed E-state index contributed by atoms with van der Waals surface area (Å²) in [6, 6.07) is 0. The molecule has 0 aliphatic heterocycles. The number of hydrogen-bond acceptors (Lipinski definition) is 4. The Morgan fingerprint density at radius 1 is 0.438 bits per heavy atom. The van der Waals surface area contributed by atoms with Gasteiger partial charge in [0, 0.05) is 39.5 Å². The first-order valence-corrected chi connectivity index (χ1v) is 21.5. The second kappa shape index (κ2) is 42.5. The van der Waals surface area contributed by atoms with E-state index in [2.05, 4.69) is 50.0 Å². The Morgan fingerprint density at radius 2 is 0.750 bits per heavy atom. The molecule has 0 heterocycles. The van der Waals surface area contributed by atoms with Crippen LogP contribution in [0.15, 0.2) is 24.3 Å². The van der Waals surface area contributed by atoms with Gasteiger partial charge in [-0.25, -0.2) is 0 Å². The van der Waals surface area contributed by atoms with E-state index in [9.17, 15) is 5.11 Å². The van der Waals surface area contributed by atoms with Crippen LogP contribution in [0.2, 0.25) is 0 Å². The highest BCUT2D eigenvalue weighted by molar-refractivity contribution is 4.82. The number of rotatable bonds is 41. The number of hydrogen-bond donors (Lipinski definition) is 1. The standard InChI is InChI=1S/C44H87NO3/c1-4-6-8-10-12-14-16-18-20-22-24-26-28-30-32-34-38-47-40-36-45(42-44(3)43-46)37-41-48-39-35-33-31-29-27-25-23-21-19-17-15-13-11-9-7-5-2/h18-21,44,46H,4-17,22-43H2,1-3H3/b20-18-,21-19-. The maximum absolute atomic E-state index is 9.56. The van der Waals surface area contributed by atoms with Crippen LogP contribution < -0.4 is 0 Å². The molecule has 0 aliphatic rings. The van der Waals surface area contributed by atoms with Gasteiger partial charge in [0.05, 0.1) is 13.2 Å². The molecular weight excluding hydrogens is 590 g/mol. The summed E-state index contributed by atoms with van der Waals surface area (Å²) in [5.41, 5.74) is 0. The molecule has 1 unspecified atom stereocenters. The van der Waals surface area contributed by atoms with Gasteiger partial charge in [-0.1, -0.05) is 161 Å². The third-order valence-corrected chi connectivity index (χ3v) is 9.59. The van der Waals surface area contributed by atoms with Crippen LogP contribution in [0.4, 0.5) is 0 Å². The maximum atomic E-state index is 9.56. The van der Waals surface area contributed by atoms with Gasteiger partial charge in [0.15, 0.2) is 0 Å². The predicted molar refractivity (Wildman–Crippen MR) is 213 cm³/mol. The minimum Gasteiger partial charge on any atom is -0.396 e. The van der Waals surface area contributed by atoms with E-state index >= 15 is 0 Å². The van der Waals surface area contributed by atoms with Gasteiger partial charge in [-0.3, -0.25) is 4.90 Å². The summed E-state index contributed by atoms with van der Waals surface area (Å²) >= 11 is 0. The first-order valence-electron chi connectivity index (χ1n) is 21.5. The predicted octanol–water partition coefficient (Wildman–Crippen LogP) is 13.0. The van der Waals surface area contributed by atoms with Crippen molar-refractivity contribution in [2.45, 2.75) is 201 Å². The Morgan fingerprint density at radius 3 is 1.08 bits per heavy atom. The maximum Gasteiger partial charge on any atom is 0.0593 e. The second-order valence-corrected chi connectivity index (χ2v) is 14.7. The lowest BCUT2D eigenvalue weighted by atomic mass is 10.1. The fourth-order valence-electron chi connectivity index (χ4n) is 6.29. The summed E-state index contributed by atoms with van der Waals surface area (Å²) in [6.45, 7) is 13.0. The van der Waals surface area contributed by atoms with Crippen LogP contribution in [-0.4, -0.2) is 62.7 Å². The molecule has 0 spiro atoms. The summed E-state index contributed by atoms with van der Waals surface area (Å²) < 4.78 is 12.0. The van der Waals surface area contributed by atoms with Crippen LogP contribution in [0.3, 0.4) is 0 Å². The molecule has 0 amide bonds. The normalized spacial score (nSPS) is 12.8. The molecule has 0 aromatic heterocycles. The third kappa shape index (κ3) is 39.8. The molecule has 0 saturated carbocycles. The van der Waals surface area contributed by atoms with Crippen molar-refractivity contribution in [3.8, 4) is 0 Å². The highest BCUT2D eigenvalue weighted by Crippen LogP contribution is 2.12. The fraction of sp³-hybridized carbons (Fsp3) is 0.909. The van der Waals surface area contributed by atoms with Crippen LogP contribution >= 0.6 is 0 Å². The van der Waals surface area contributed by atoms with Crippen molar-refractivity contribution in [1.82, 2.24) is 4.90 Å². The molecule has 0 bridgehead atoms. The van der Waals surface area contributed by atoms with Crippen molar-refractivity contribution in [3.05, 3.63) is 24.3 Å². The zero-order valence-corrected chi connectivity index (χ0v) is 33.1. The number of unbranched alkanes of at least 4 members (excludes halogenated alkanes) is 24. The minimum atomic E-state index is 0.239. The molecule has 0 radical (unpaired) electrons. The van der Waals surface area contributed by atoms with Gasteiger partial charge in [0.25, 0.3) is 0 Å². The number of aliphatic hydroxyl groups excluding tert-OH is 1. The van der Waals surface area contributed by atoms with E-state index < -0.39 is 0 Å². The highest BCUT2D eigenvalue weighted by atomic mass is 16.5. The molecule has 48 heavy (non-hydrogen) atoms. The van der Waals surface area contributed by atoms with E-state index in [0.29, 0.717) is 0 Å². The highest BCUT2D eigenvalue weighted by Gasteiger charge is 2.10. The molecule has 0 fully saturated rings. The molecule has 1 atom stereocenters. The molecule has 0 rings (SSSR count). The summed E-state index contributed by atoms with van der Waals surface area (Å²) in [5.74, 6) is 0.289. The minimum absolute atomic E-state index is 0.239. The molecule has 286 valence electrons. The zero-order chi connectivity index (χ0) is 34.9. The lowest BCUT2D eigenvalue weighted by Crippen LogP contribution is -2.35. The largest absolute Gasteiger partial charge is 0.396 e. The smallest absolute Gasteiger partial charge is 0.0593 e. The molecule has 4 nitrogen and oxygen atoms in total. The topological polar surface area (TPSA) is 41.9 Å². The summed E-state index contributed by atoms with van der Waals surface area (Å²) in [5, 5.41) is 9.56. The van der Waals surface area contributed by atoms with Gasteiger partial charge in [0.1, 0.15) is 0 Å². The molecule has 1 N–H and O–H groups in total. The first-order chi connectivity index (χ1) is 23.7. The fourth-order valence-corrected chi connectivity index (χ4v) is 6.29. The first kappa shape index (κ1) is 47.3. The van der Waals surface area contributed by atoms with Gasteiger partial charge in [-0.15, -0.1) is 0 Å². The Hall–Kier alpha value is -0.680. The SMILES string of the molecule is CCCCCCCC/C=C\CCCCCCCCOCCN(CCOCCCCCCCC/C=C\CCCCCCCC)CC(C)CO. The average Bonchev–Trinajstić information content (AvgIpc) is 3.09. The van der Waals surface area contributed by atoms with E-state index in [4.69, 9.17) is 9.47 Å². The van der Waals surface area contributed by atoms with Crippen molar-refractivity contribution < 1.29 is 14.6 Å². The van der Waals surface area contributed by atoms with Crippen LogP contribution in [0, 0.1) is 5.92 Å². The van der Waals surface area contributed by atoms with Gasteiger partial charge in [-0.2, -0.15) is 0 Å². The van der Waals surface area contributed by atoms with Crippen molar-refractivity contribution in [2.24, 2.45) is 5.92 Å². The van der Waals surface area contributed by atoms with E-state index in [0.717, 1.165) is 46.1 Å². The molecule has 0 aromatic carbocycles. The number of allylic oxidation sites excluding steroid dienone is 4. The second-order valence-electron chi connectivity index (χ2n) is 14.7. The Bertz CT molecular complexity index is 589. The van der Waals surface area contributed by atoms with Gasteiger partial charge in [-0.05, 0) is 70.1 Å². The zero-order valence-electron chi connectivity index (χ0n) is 33.1. The third-order valence-electron chi connectivity index (χ3n) is 9.59. The van der Waals surface area contributed by atoms with Gasteiger partial charge in [0.2, 0.25) is 0 Å². The summed E-state index contributed by atoms with van der Waals surface area (Å²) in [4.78, 5) is 2.41. The Balaban J connectivity index is 3.58. The van der Waals surface area contributed by atoms with Gasteiger partial charge < -0.3 is 14.6 Å². The van der Waals surface area contributed by atoms with E-state index in [1.807, 2.05) is 0 Å². The van der Waals surface area contributed by atoms with Crippen LogP contribution in [0.5, 0.6) is 0 Å². The van der Waals surface area contributed by atoms with Crippen LogP contribution in [0.25, 0.3) is 0 Å². The quantitative estimate of drug-likeness (QED) is 0.0516. The number of ether oxygens (including phenoxy) is 2. The van der Waals surface area contributed by atoms with E-state index in [1.165, 1.54) is 180 Å². The number of aliphatic hydroxyl groups is 1. The molecule has 0 aliphatic carbocycles. The van der Waals surface area contributed by atoms with E-state index in [-0.39, 0.29) is 12.5 Å². The molecule has 0 aromatic rings. The molecule has 4 heteroatoms. The van der Waals surface area contributed by atoms with Crippen LogP contribution in [0.1, 0.15) is 201 Å². The van der Waals surface area contributed by atoms with Crippen molar-refractivity contribution in [3.63, 3.8) is 0 Å². The molecule has 0 saturated heterocycles. The molecular formula is C44H87NO3. The van der Waals surface area contributed by atoms with Gasteiger partial charge >= 0.3 is 0 Å². The monoisotopic (exact) mass is 678 g/mol.